The molecule has 0 aliphatic carbocycles. The molecule has 0 saturated carbocycles. The van der Waals surface area contributed by atoms with Crippen LogP contribution in [0.1, 0.15) is 18.9 Å². The SMILES string of the molecule is CCOc1ccc(NS(=O)(=O)C2CC(C(=O)Nc3cccc(C(F)(F)F)c3)NN2)cc1. The second-order valence-corrected chi connectivity index (χ2v) is 8.60. The normalized spacial score (nSPS) is 19.1. The summed E-state index contributed by atoms with van der Waals surface area (Å²) in [5, 5.41) is 1.24. The Balaban J connectivity index is 1.60. The highest BCUT2D eigenvalue weighted by Crippen LogP contribution is 2.30. The highest BCUT2D eigenvalue weighted by atomic mass is 32.2. The number of anilines is 2. The van der Waals surface area contributed by atoms with Crippen LogP contribution in [0.15, 0.2) is 48.5 Å². The van der Waals surface area contributed by atoms with E-state index >= 15 is 0 Å². The lowest BCUT2D eigenvalue weighted by atomic mass is 10.1. The van der Waals surface area contributed by atoms with Crippen molar-refractivity contribution in [2.24, 2.45) is 0 Å². The fraction of sp³-hybridized carbons (Fsp3) is 0.316. The summed E-state index contributed by atoms with van der Waals surface area (Å²) >= 11 is 0. The zero-order valence-electron chi connectivity index (χ0n) is 16.4. The van der Waals surface area contributed by atoms with Crippen LogP contribution in [-0.2, 0) is 21.0 Å². The Kier molecular flexibility index (Phi) is 6.72. The summed E-state index contributed by atoms with van der Waals surface area (Å²) in [7, 11) is -3.90. The first-order chi connectivity index (χ1) is 14.6. The molecular formula is C19H21F3N4O4S. The molecule has 1 aliphatic rings. The molecule has 0 radical (unpaired) electrons. The van der Waals surface area contributed by atoms with E-state index in [0.717, 1.165) is 12.1 Å². The van der Waals surface area contributed by atoms with E-state index in [1.54, 1.807) is 24.3 Å². The first-order valence-electron chi connectivity index (χ1n) is 9.32. The van der Waals surface area contributed by atoms with E-state index in [0.29, 0.717) is 18.0 Å². The molecule has 0 bridgehead atoms. The van der Waals surface area contributed by atoms with Gasteiger partial charge in [-0.2, -0.15) is 13.2 Å². The maximum absolute atomic E-state index is 12.8. The zero-order chi connectivity index (χ0) is 22.6. The number of carbonyl (C=O) groups excluding carboxylic acids is 1. The van der Waals surface area contributed by atoms with Crippen molar-refractivity contribution in [3.63, 3.8) is 0 Å². The molecule has 1 saturated heterocycles. The predicted molar refractivity (Wildman–Crippen MR) is 109 cm³/mol. The van der Waals surface area contributed by atoms with Crippen LogP contribution in [0.4, 0.5) is 24.5 Å². The van der Waals surface area contributed by atoms with Crippen molar-refractivity contribution in [3.05, 3.63) is 54.1 Å². The molecule has 1 heterocycles. The minimum atomic E-state index is -4.54. The summed E-state index contributed by atoms with van der Waals surface area (Å²) in [6, 6.07) is 9.55. The number of hydrogen-bond acceptors (Lipinski definition) is 6. The summed E-state index contributed by atoms with van der Waals surface area (Å²) in [6.07, 6.45) is -4.67. The minimum Gasteiger partial charge on any atom is -0.494 e. The van der Waals surface area contributed by atoms with Crippen LogP contribution in [0.25, 0.3) is 0 Å². The van der Waals surface area contributed by atoms with E-state index in [1.165, 1.54) is 12.1 Å². The highest BCUT2D eigenvalue weighted by molar-refractivity contribution is 7.93. The average Bonchev–Trinajstić information content (AvgIpc) is 3.21. The zero-order valence-corrected chi connectivity index (χ0v) is 17.2. The van der Waals surface area contributed by atoms with Crippen LogP contribution < -0.4 is 25.6 Å². The smallest absolute Gasteiger partial charge is 0.416 e. The minimum absolute atomic E-state index is 0.0413. The van der Waals surface area contributed by atoms with Crippen molar-refractivity contribution in [1.29, 1.82) is 0 Å². The fourth-order valence-electron chi connectivity index (χ4n) is 2.93. The van der Waals surface area contributed by atoms with Gasteiger partial charge in [-0.25, -0.2) is 19.3 Å². The number of ether oxygens (including phenoxy) is 1. The molecule has 2 aromatic carbocycles. The van der Waals surface area contributed by atoms with Gasteiger partial charge in [0.1, 0.15) is 17.2 Å². The molecule has 31 heavy (non-hydrogen) atoms. The van der Waals surface area contributed by atoms with Crippen molar-refractivity contribution >= 4 is 27.3 Å². The average molecular weight is 458 g/mol. The molecule has 8 nitrogen and oxygen atoms in total. The van der Waals surface area contributed by atoms with Crippen molar-refractivity contribution in [2.75, 3.05) is 16.6 Å². The summed E-state index contributed by atoms with van der Waals surface area (Å²) in [4.78, 5) is 12.4. The van der Waals surface area contributed by atoms with Gasteiger partial charge in [0, 0.05) is 17.8 Å². The maximum Gasteiger partial charge on any atom is 0.416 e. The summed E-state index contributed by atoms with van der Waals surface area (Å²) in [5.74, 6) is -0.0666. The standard InChI is InChI=1S/C19H21F3N4O4S/c1-2-30-15-8-6-13(7-9-15)26-31(28,29)17-11-16(24-25-17)18(27)23-14-5-3-4-12(10-14)19(20,21)22/h3-10,16-17,24-26H,2,11H2,1H3,(H,23,27). The molecule has 1 aliphatic heterocycles. The molecule has 2 unspecified atom stereocenters. The molecule has 168 valence electrons. The third-order valence-corrected chi connectivity index (χ3v) is 6.02. The molecular weight excluding hydrogens is 437 g/mol. The van der Waals surface area contributed by atoms with E-state index in [9.17, 15) is 26.4 Å². The highest BCUT2D eigenvalue weighted by Gasteiger charge is 2.37. The van der Waals surface area contributed by atoms with E-state index in [-0.39, 0.29) is 12.1 Å². The Hall–Kier alpha value is -2.83. The molecule has 3 rings (SSSR count). The molecule has 0 aromatic heterocycles. The third kappa shape index (κ3) is 5.87. The second kappa shape index (κ2) is 9.12. The second-order valence-electron chi connectivity index (χ2n) is 6.74. The first kappa shape index (κ1) is 22.8. The number of amides is 1. The van der Waals surface area contributed by atoms with Gasteiger partial charge in [0.15, 0.2) is 0 Å². The van der Waals surface area contributed by atoms with Crippen LogP contribution in [0.3, 0.4) is 0 Å². The van der Waals surface area contributed by atoms with E-state index in [2.05, 4.69) is 20.9 Å². The molecule has 1 amide bonds. The van der Waals surface area contributed by atoms with E-state index in [1.807, 2.05) is 6.92 Å². The Morgan fingerprint density at radius 3 is 2.48 bits per heavy atom. The number of rotatable bonds is 7. The quantitative estimate of drug-likeness (QED) is 0.508. The van der Waals surface area contributed by atoms with Gasteiger partial charge in [-0.15, -0.1) is 0 Å². The van der Waals surface area contributed by atoms with Crippen molar-refractivity contribution < 1.29 is 31.1 Å². The van der Waals surface area contributed by atoms with E-state index < -0.39 is 39.1 Å². The predicted octanol–water partition coefficient (Wildman–Crippen LogP) is 2.68. The number of nitrogens with one attached hydrogen (secondary N) is 4. The Labute approximate surface area is 177 Å². The lowest BCUT2D eigenvalue weighted by molar-refractivity contribution is -0.137. The van der Waals surface area contributed by atoms with Crippen molar-refractivity contribution in [3.8, 4) is 5.75 Å². The summed E-state index contributed by atoms with van der Waals surface area (Å²) in [5.41, 5.74) is 4.48. The topological polar surface area (TPSA) is 109 Å². The third-order valence-electron chi connectivity index (χ3n) is 4.44. The van der Waals surface area contributed by atoms with Gasteiger partial charge in [-0.3, -0.25) is 9.52 Å². The lowest BCUT2D eigenvalue weighted by Gasteiger charge is -2.14. The Bertz CT molecular complexity index is 1030. The van der Waals surface area contributed by atoms with Crippen LogP contribution in [-0.4, -0.2) is 32.3 Å². The fourth-order valence-corrected chi connectivity index (χ4v) is 4.20. The monoisotopic (exact) mass is 458 g/mol. The van der Waals surface area contributed by atoms with Crippen LogP contribution in [0, 0.1) is 0 Å². The van der Waals surface area contributed by atoms with Gasteiger partial charge >= 0.3 is 6.18 Å². The number of carbonyl (C=O) groups is 1. The molecule has 4 N–H and O–H groups in total. The molecule has 2 aromatic rings. The van der Waals surface area contributed by atoms with Gasteiger partial charge in [-0.05, 0) is 49.4 Å². The number of halogens is 3. The summed E-state index contributed by atoms with van der Waals surface area (Å²) < 4.78 is 71.3. The molecule has 12 heteroatoms. The Morgan fingerprint density at radius 2 is 1.84 bits per heavy atom. The van der Waals surface area contributed by atoms with E-state index in [4.69, 9.17) is 4.74 Å². The molecule has 0 spiro atoms. The van der Waals surface area contributed by atoms with Gasteiger partial charge < -0.3 is 10.1 Å². The van der Waals surface area contributed by atoms with Gasteiger partial charge in [0.05, 0.1) is 12.2 Å². The van der Waals surface area contributed by atoms with Gasteiger partial charge in [0.2, 0.25) is 15.9 Å². The number of sulfonamides is 1. The maximum atomic E-state index is 12.8. The van der Waals surface area contributed by atoms with Crippen LogP contribution in [0.5, 0.6) is 5.75 Å². The summed E-state index contributed by atoms with van der Waals surface area (Å²) in [6.45, 7) is 2.31. The molecule has 2 atom stereocenters. The number of alkyl halides is 3. The number of hydrazine groups is 1. The van der Waals surface area contributed by atoms with Gasteiger partial charge in [-0.1, -0.05) is 6.07 Å². The lowest BCUT2D eigenvalue weighted by Crippen LogP contribution is -2.42. The van der Waals surface area contributed by atoms with Crippen LogP contribution >= 0.6 is 0 Å². The van der Waals surface area contributed by atoms with Crippen molar-refractivity contribution in [2.45, 2.75) is 30.9 Å². The largest absolute Gasteiger partial charge is 0.494 e. The number of benzene rings is 2. The number of hydrogen-bond donors (Lipinski definition) is 4. The van der Waals surface area contributed by atoms with Crippen molar-refractivity contribution in [1.82, 2.24) is 10.9 Å². The first-order valence-corrected chi connectivity index (χ1v) is 10.9. The molecule has 1 fully saturated rings. The Morgan fingerprint density at radius 1 is 1.13 bits per heavy atom. The van der Waals surface area contributed by atoms with Crippen LogP contribution in [0.2, 0.25) is 0 Å². The van der Waals surface area contributed by atoms with Gasteiger partial charge in [0.25, 0.3) is 0 Å².